The van der Waals surface area contributed by atoms with Crippen LogP contribution in [0, 0.1) is 0 Å². The predicted octanol–water partition coefficient (Wildman–Crippen LogP) is 2.06. The zero-order valence-electron chi connectivity index (χ0n) is 6.73. The summed E-state index contributed by atoms with van der Waals surface area (Å²) in [5.41, 5.74) is -0.215. The summed E-state index contributed by atoms with van der Waals surface area (Å²) < 4.78 is 0.732. The molecular weight excluding hydrogens is 272 g/mol. The third-order valence-electron chi connectivity index (χ3n) is 1.33. The highest BCUT2D eigenvalue weighted by atomic mass is 79.9. The van der Waals surface area contributed by atoms with Crippen LogP contribution in [0.15, 0.2) is 22.0 Å². The van der Waals surface area contributed by atoms with E-state index < -0.39 is 11.9 Å². The molecule has 0 aliphatic carbocycles. The van der Waals surface area contributed by atoms with Gasteiger partial charge in [0.05, 0.1) is 5.57 Å². The van der Waals surface area contributed by atoms with Crippen molar-refractivity contribution in [3.63, 3.8) is 0 Å². The molecule has 0 unspecified atom stereocenters. The Labute approximate surface area is 91.6 Å². The van der Waals surface area contributed by atoms with Crippen LogP contribution < -0.4 is 0 Å². The first kappa shape index (κ1) is 10.9. The first-order valence-corrected chi connectivity index (χ1v) is 5.10. The van der Waals surface area contributed by atoms with Gasteiger partial charge >= 0.3 is 11.9 Å². The van der Waals surface area contributed by atoms with Crippen LogP contribution in [0.2, 0.25) is 0 Å². The fourth-order valence-corrected chi connectivity index (χ4v) is 2.25. The number of halogens is 1. The molecule has 0 aliphatic heterocycles. The lowest BCUT2D eigenvalue weighted by molar-refractivity contribution is -0.133. The van der Waals surface area contributed by atoms with Crippen LogP contribution >= 0.6 is 27.3 Å². The van der Waals surface area contributed by atoms with E-state index in [0.29, 0.717) is 11.0 Å². The lowest BCUT2D eigenvalue weighted by Gasteiger charge is -1.95. The molecule has 0 spiro atoms. The average molecular weight is 277 g/mol. The molecule has 0 fully saturated rings. The van der Waals surface area contributed by atoms with E-state index in [4.69, 9.17) is 10.2 Å². The summed E-state index contributed by atoms with van der Waals surface area (Å²) in [6.07, 6.45) is 0.681. The molecule has 0 aliphatic rings. The number of carboxylic acid groups (broad SMARTS) is 2. The Hall–Kier alpha value is -1.14. The molecule has 1 aromatic heterocycles. The van der Waals surface area contributed by atoms with Crippen LogP contribution in [-0.2, 0) is 9.59 Å². The Morgan fingerprint density at radius 3 is 2.43 bits per heavy atom. The summed E-state index contributed by atoms with van der Waals surface area (Å²) in [7, 11) is 0. The monoisotopic (exact) mass is 276 g/mol. The first-order valence-electron chi connectivity index (χ1n) is 3.43. The minimum absolute atomic E-state index is 0.215. The minimum Gasteiger partial charge on any atom is -0.478 e. The van der Waals surface area contributed by atoms with Crippen molar-refractivity contribution in [2.45, 2.75) is 0 Å². The molecule has 74 valence electrons. The summed E-state index contributed by atoms with van der Waals surface area (Å²) in [4.78, 5) is 21.5. The van der Waals surface area contributed by atoms with E-state index in [1.54, 1.807) is 11.4 Å². The van der Waals surface area contributed by atoms with Gasteiger partial charge in [0.1, 0.15) is 0 Å². The molecule has 14 heavy (non-hydrogen) atoms. The van der Waals surface area contributed by atoms with E-state index >= 15 is 0 Å². The summed E-state index contributed by atoms with van der Waals surface area (Å²) in [5, 5.41) is 18.9. The van der Waals surface area contributed by atoms with E-state index in [2.05, 4.69) is 15.9 Å². The van der Waals surface area contributed by atoms with Gasteiger partial charge in [0.15, 0.2) is 0 Å². The van der Waals surface area contributed by atoms with E-state index in [-0.39, 0.29) is 5.57 Å². The lowest BCUT2D eigenvalue weighted by Crippen LogP contribution is -2.01. The number of carbonyl (C=O) groups is 2. The molecule has 0 saturated carbocycles. The normalized spacial score (nSPS) is 11.4. The summed E-state index contributed by atoms with van der Waals surface area (Å²) in [6.45, 7) is 0. The summed E-state index contributed by atoms with van der Waals surface area (Å²) >= 11 is 4.33. The van der Waals surface area contributed by atoms with Crippen molar-refractivity contribution in [3.8, 4) is 0 Å². The number of aliphatic carboxylic acids is 2. The average Bonchev–Trinajstić information content (AvgIpc) is 2.46. The standard InChI is InChI=1S/C8H5BrO4S/c9-4-1-6(14-3-4)5(8(12)13)2-7(10)11/h1-3H,(H,10,11)(H,12,13). The molecule has 0 atom stereocenters. The molecule has 0 aromatic carbocycles. The van der Waals surface area contributed by atoms with Crippen molar-refractivity contribution in [3.05, 3.63) is 26.9 Å². The maximum atomic E-state index is 10.7. The van der Waals surface area contributed by atoms with Crippen molar-refractivity contribution < 1.29 is 19.8 Å². The third-order valence-corrected chi connectivity index (χ3v) is 3.06. The first-order chi connectivity index (χ1) is 6.50. The molecular formula is C8H5BrO4S. The second-order valence-corrected chi connectivity index (χ2v) is 4.16. The van der Waals surface area contributed by atoms with E-state index in [9.17, 15) is 9.59 Å². The SMILES string of the molecule is O=C(O)C=C(C(=O)O)c1cc(Br)cs1. The van der Waals surface area contributed by atoms with Crippen LogP contribution in [-0.4, -0.2) is 22.2 Å². The van der Waals surface area contributed by atoms with Crippen molar-refractivity contribution >= 4 is 44.8 Å². The van der Waals surface area contributed by atoms with Crippen molar-refractivity contribution in [1.82, 2.24) is 0 Å². The molecule has 4 nitrogen and oxygen atoms in total. The Bertz CT molecular complexity index is 407. The number of hydrogen-bond acceptors (Lipinski definition) is 3. The highest BCUT2D eigenvalue weighted by Gasteiger charge is 2.13. The Morgan fingerprint density at radius 1 is 1.43 bits per heavy atom. The summed E-state index contributed by atoms with van der Waals surface area (Å²) in [5.74, 6) is -2.52. The van der Waals surface area contributed by atoms with Crippen molar-refractivity contribution in [1.29, 1.82) is 0 Å². The second kappa shape index (κ2) is 4.39. The van der Waals surface area contributed by atoms with Gasteiger partial charge < -0.3 is 10.2 Å². The Balaban J connectivity index is 3.13. The van der Waals surface area contributed by atoms with Crippen molar-refractivity contribution in [2.75, 3.05) is 0 Å². The van der Waals surface area contributed by atoms with Gasteiger partial charge in [0.25, 0.3) is 0 Å². The Kier molecular flexibility index (Phi) is 3.43. The molecule has 1 heterocycles. The smallest absolute Gasteiger partial charge is 0.337 e. The highest BCUT2D eigenvalue weighted by molar-refractivity contribution is 9.10. The van der Waals surface area contributed by atoms with Crippen LogP contribution in [0.3, 0.4) is 0 Å². The lowest BCUT2D eigenvalue weighted by atomic mass is 10.2. The molecule has 0 saturated heterocycles. The topological polar surface area (TPSA) is 74.6 Å². The molecule has 0 radical (unpaired) electrons. The Morgan fingerprint density at radius 2 is 2.07 bits per heavy atom. The molecule has 1 rings (SSSR count). The van der Waals surface area contributed by atoms with Gasteiger partial charge in [-0.1, -0.05) is 0 Å². The largest absolute Gasteiger partial charge is 0.478 e. The van der Waals surface area contributed by atoms with Gasteiger partial charge in [-0.3, -0.25) is 0 Å². The summed E-state index contributed by atoms with van der Waals surface area (Å²) in [6, 6.07) is 1.56. The number of hydrogen-bond donors (Lipinski definition) is 2. The fraction of sp³-hybridized carbons (Fsp3) is 0. The quantitative estimate of drug-likeness (QED) is 0.829. The van der Waals surface area contributed by atoms with Gasteiger partial charge in [-0.15, -0.1) is 11.3 Å². The third kappa shape index (κ3) is 2.68. The maximum Gasteiger partial charge on any atom is 0.337 e. The van der Waals surface area contributed by atoms with Crippen LogP contribution in [0.25, 0.3) is 5.57 Å². The highest BCUT2D eigenvalue weighted by Crippen LogP contribution is 2.26. The molecule has 0 bridgehead atoms. The maximum absolute atomic E-state index is 10.7. The molecule has 6 heteroatoms. The van der Waals surface area contributed by atoms with E-state index in [0.717, 1.165) is 4.47 Å². The molecule has 1 aromatic rings. The zero-order chi connectivity index (χ0) is 10.7. The van der Waals surface area contributed by atoms with Gasteiger partial charge in [-0.05, 0) is 22.0 Å². The molecule has 2 N–H and O–H groups in total. The van der Waals surface area contributed by atoms with Crippen LogP contribution in [0.1, 0.15) is 4.88 Å². The number of carboxylic acids is 2. The predicted molar refractivity (Wildman–Crippen MR) is 55.3 cm³/mol. The van der Waals surface area contributed by atoms with E-state index in [1.165, 1.54) is 11.3 Å². The minimum atomic E-state index is -1.27. The van der Waals surface area contributed by atoms with Gasteiger partial charge in [0, 0.05) is 20.8 Å². The zero-order valence-corrected chi connectivity index (χ0v) is 9.13. The van der Waals surface area contributed by atoms with Crippen molar-refractivity contribution in [2.24, 2.45) is 0 Å². The molecule has 0 amide bonds. The van der Waals surface area contributed by atoms with E-state index in [1.807, 2.05) is 0 Å². The number of rotatable bonds is 3. The van der Waals surface area contributed by atoms with Crippen LogP contribution in [0.4, 0.5) is 0 Å². The van der Waals surface area contributed by atoms with Crippen LogP contribution in [0.5, 0.6) is 0 Å². The van der Waals surface area contributed by atoms with Gasteiger partial charge in [0.2, 0.25) is 0 Å². The van der Waals surface area contributed by atoms with Gasteiger partial charge in [-0.25, -0.2) is 9.59 Å². The number of thiophene rings is 1. The fourth-order valence-electron chi connectivity index (χ4n) is 0.816. The second-order valence-electron chi connectivity index (χ2n) is 2.33. The van der Waals surface area contributed by atoms with Gasteiger partial charge in [-0.2, -0.15) is 0 Å².